The molecule has 2 aliphatic carbocycles. The number of para-hydroxylation sites is 1. The fourth-order valence-electron chi connectivity index (χ4n) is 7.70. The topological polar surface area (TPSA) is 146 Å². The number of ether oxygens (including phenoxy) is 1. The van der Waals surface area contributed by atoms with Crippen LogP contribution in [0.1, 0.15) is 34.8 Å². The number of carbonyl (C=O) groups excluding carboxylic acids is 3. The number of carboxylic acid groups (broad SMARTS) is 1. The van der Waals surface area contributed by atoms with Crippen molar-refractivity contribution in [3.05, 3.63) is 74.2 Å². The van der Waals surface area contributed by atoms with E-state index in [9.17, 15) is 24.0 Å². The van der Waals surface area contributed by atoms with E-state index in [1.807, 2.05) is 55.5 Å². The number of imide groups is 1. The Kier molecular flexibility index (Phi) is 6.93. The van der Waals surface area contributed by atoms with Gasteiger partial charge >= 0.3 is 10.8 Å². The third kappa shape index (κ3) is 4.67. The van der Waals surface area contributed by atoms with Crippen molar-refractivity contribution in [2.75, 3.05) is 18.5 Å². The first-order valence-electron chi connectivity index (χ1n) is 14.3. The molecule has 2 saturated carbocycles. The monoisotopic (exact) mass is 619 g/mol. The molecule has 7 atom stereocenters. The van der Waals surface area contributed by atoms with Gasteiger partial charge in [0, 0.05) is 28.3 Å². The number of aryl methyl sites for hydroxylation is 1. The smallest absolute Gasteiger partial charge is 0.305 e. The summed E-state index contributed by atoms with van der Waals surface area (Å²) in [5, 5.41) is 12.9. The number of aromatic nitrogens is 1. The average Bonchev–Trinajstić information content (AvgIpc) is 3.71. The number of thioether (sulfide) groups is 1. The minimum absolute atomic E-state index is 0.0234. The lowest BCUT2D eigenvalue weighted by Gasteiger charge is -2.43. The van der Waals surface area contributed by atoms with Crippen molar-refractivity contribution in [2.24, 2.45) is 29.6 Å². The maximum atomic E-state index is 13.5. The van der Waals surface area contributed by atoms with Gasteiger partial charge in [0.2, 0.25) is 11.8 Å². The van der Waals surface area contributed by atoms with E-state index in [1.54, 1.807) is 11.8 Å². The first-order chi connectivity index (χ1) is 20.7. The highest BCUT2D eigenvalue weighted by atomic mass is 32.2. The Hall–Kier alpha value is -3.90. The predicted molar refractivity (Wildman–Crippen MR) is 159 cm³/mol. The molecule has 3 N–H and O–H groups in total. The number of benzene rings is 2. The number of carbonyl (C=O) groups is 4. The summed E-state index contributed by atoms with van der Waals surface area (Å²) in [7, 11) is 0. The number of nitrogens with one attached hydrogen (secondary N) is 2. The van der Waals surface area contributed by atoms with Crippen molar-refractivity contribution in [3.8, 4) is 5.75 Å². The molecule has 3 amide bonds. The predicted octanol–water partition coefficient (Wildman–Crippen LogP) is 3.71. The Labute approximate surface area is 254 Å². The molecule has 3 fully saturated rings. The Morgan fingerprint density at radius 2 is 1.77 bits per heavy atom. The number of aromatic amines is 1. The minimum atomic E-state index is -1.04. The first-order valence-corrected chi connectivity index (χ1v) is 16.0. The van der Waals surface area contributed by atoms with Gasteiger partial charge in [-0.15, -0.1) is 11.8 Å². The van der Waals surface area contributed by atoms with E-state index >= 15 is 0 Å². The van der Waals surface area contributed by atoms with Crippen LogP contribution in [0, 0.1) is 36.5 Å². The molecule has 10 nitrogen and oxygen atoms in total. The molecule has 4 aliphatic rings. The summed E-state index contributed by atoms with van der Waals surface area (Å²) >= 11 is 2.79. The van der Waals surface area contributed by atoms with Crippen molar-refractivity contribution in [3.63, 3.8) is 0 Å². The van der Waals surface area contributed by atoms with Gasteiger partial charge in [-0.2, -0.15) is 0 Å². The van der Waals surface area contributed by atoms with Crippen molar-refractivity contribution in [2.45, 2.75) is 36.0 Å². The molecule has 2 aliphatic heterocycles. The summed E-state index contributed by atoms with van der Waals surface area (Å²) in [4.78, 5) is 67.9. The number of fused-ring (bicyclic) bond motifs is 9. The molecule has 222 valence electrons. The Balaban J connectivity index is 1.12. The van der Waals surface area contributed by atoms with E-state index in [2.05, 4.69) is 10.3 Å². The van der Waals surface area contributed by atoms with Gasteiger partial charge in [-0.25, -0.2) is 0 Å². The van der Waals surface area contributed by atoms with Gasteiger partial charge in [-0.1, -0.05) is 41.7 Å². The van der Waals surface area contributed by atoms with Gasteiger partial charge in [0.25, 0.3) is 5.91 Å². The number of thiazole rings is 1. The van der Waals surface area contributed by atoms with Gasteiger partial charge < -0.3 is 20.1 Å². The number of anilines is 1. The van der Waals surface area contributed by atoms with Gasteiger partial charge in [0.05, 0.1) is 23.3 Å². The largest absolute Gasteiger partial charge is 0.484 e. The second kappa shape index (κ2) is 10.7. The number of hydrogen-bond acceptors (Lipinski definition) is 8. The number of carboxylic acids is 1. The zero-order valence-electron chi connectivity index (χ0n) is 23.1. The zero-order chi connectivity index (χ0) is 30.0. The van der Waals surface area contributed by atoms with Crippen LogP contribution >= 0.6 is 23.1 Å². The third-order valence-corrected chi connectivity index (χ3v) is 12.0. The maximum Gasteiger partial charge on any atom is 0.305 e. The molecular weight excluding hydrogens is 590 g/mol. The van der Waals surface area contributed by atoms with Crippen LogP contribution in [0.5, 0.6) is 5.75 Å². The average molecular weight is 620 g/mol. The van der Waals surface area contributed by atoms with Crippen LogP contribution in [0.2, 0.25) is 0 Å². The molecule has 0 spiro atoms. The van der Waals surface area contributed by atoms with E-state index in [-0.39, 0.29) is 71.1 Å². The van der Waals surface area contributed by atoms with Gasteiger partial charge in [-0.05, 0) is 60.4 Å². The molecule has 6 unspecified atom stereocenters. The molecule has 43 heavy (non-hydrogen) atoms. The summed E-state index contributed by atoms with van der Waals surface area (Å²) in [5.41, 5.74) is 2.67. The van der Waals surface area contributed by atoms with Crippen molar-refractivity contribution in [1.82, 2.24) is 9.88 Å². The molecule has 3 heterocycles. The van der Waals surface area contributed by atoms with Crippen LogP contribution in [0.25, 0.3) is 0 Å². The number of likely N-dealkylation sites (tertiary alicyclic amines) is 1. The highest BCUT2D eigenvalue weighted by Crippen LogP contribution is 2.68. The van der Waals surface area contributed by atoms with E-state index in [4.69, 9.17) is 9.84 Å². The SMILES string of the molecule is Cc1ccccc1NC(=O)COc1ccc([C@H]2c3sc(=O)[nH]c3SC3C4CC(C5C(=O)N(CCC(=O)O)C(=O)C45)C32)cc1. The van der Waals surface area contributed by atoms with Crippen molar-refractivity contribution < 1.29 is 29.0 Å². The van der Waals surface area contributed by atoms with Crippen LogP contribution in [0.4, 0.5) is 5.69 Å². The highest BCUT2D eigenvalue weighted by Gasteiger charge is 2.69. The summed E-state index contributed by atoms with van der Waals surface area (Å²) in [6, 6.07) is 15.0. The standard InChI is InChI=1S/C31H29N3O7S2/c1-14-4-2-3-5-19(14)32-20(35)13-41-16-8-6-15(7-9-16)22-23-17-12-18(26(23)42-28-27(22)43-31(40)33-28)25-24(17)29(38)34(30(25)39)11-10-21(36)37/h2-9,17-18,22-26H,10-13H2,1H3,(H,32,35)(H,33,40)(H,36,37)/t17?,18?,22-,23?,24?,25?,26?/m1/s1. The van der Waals surface area contributed by atoms with E-state index in [1.165, 1.54) is 16.2 Å². The van der Waals surface area contributed by atoms with Crippen LogP contribution in [0.15, 0.2) is 58.4 Å². The Morgan fingerprint density at radius 3 is 2.49 bits per heavy atom. The van der Waals surface area contributed by atoms with Crippen LogP contribution in [0.3, 0.4) is 0 Å². The fourth-order valence-corrected chi connectivity index (χ4v) is 10.6. The summed E-state index contributed by atoms with van der Waals surface area (Å²) in [5.74, 6) is -2.35. The second-order valence-corrected chi connectivity index (χ2v) is 13.9. The molecule has 1 saturated heterocycles. The summed E-state index contributed by atoms with van der Waals surface area (Å²) in [6.07, 6.45) is 0.492. The quantitative estimate of drug-likeness (QED) is 0.324. The highest BCUT2D eigenvalue weighted by molar-refractivity contribution is 8.00. The number of amides is 3. The second-order valence-electron chi connectivity index (χ2n) is 11.7. The van der Waals surface area contributed by atoms with Gasteiger partial charge in [0.15, 0.2) is 6.61 Å². The molecule has 12 heteroatoms. The normalized spacial score (nSPS) is 28.4. The number of rotatable bonds is 8. The molecule has 7 rings (SSSR count). The number of nitrogens with zero attached hydrogens (tertiary/aromatic N) is 1. The molecular formula is C31H29N3O7S2. The summed E-state index contributed by atoms with van der Waals surface area (Å²) in [6.45, 7) is 1.67. The van der Waals surface area contributed by atoms with Crippen LogP contribution in [-0.2, 0) is 19.2 Å². The molecule has 2 aromatic carbocycles. The van der Waals surface area contributed by atoms with Crippen LogP contribution in [-0.4, -0.2) is 57.1 Å². The van der Waals surface area contributed by atoms with Gasteiger partial charge in [0.1, 0.15) is 5.75 Å². The van der Waals surface area contributed by atoms with Crippen molar-refractivity contribution in [1.29, 1.82) is 0 Å². The lowest BCUT2D eigenvalue weighted by Crippen LogP contribution is -2.42. The Bertz CT molecular complexity index is 1700. The van der Waals surface area contributed by atoms with Gasteiger partial charge in [-0.3, -0.25) is 28.9 Å². The molecule has 3 aromatic rings. The minimum Gasteiger partial charge on any atom is -0.484 e. The van der Waals surface area contributed by atoms with E-state index in [0.29, 0.717) is 5.75 Å². The number of aliphatic carboxylic acids is 1. The number of H-pyrrole nitrogens is 1. The molecule has 0 radical (unpaired) electrons. The fraction of sp³-hybridized carbons (Fsp3) is 0.387. The van der Waals surface area contributed by atoms with Crippen molar-refractivity contribution >= 4 is 52.5 Å². The lowest BCUT2D eigenvalue weighted by atomic mass is 9.68. The van der Waals surface area contributed by atoms with E-state index in [0.717, 1.165) is 33.1 Å². The number of hydrogen-bond donors (Lipinski definition) is 3. The molecule has 2 bridgehead atoms. The first kappa shape index (κ1) is 27.9. The third-order valence-electron chi connectivity index (χ3n) is 9.39. The lowest BCUT2D eigenvalue weighted by molar-refractivity contribution is -0.142. The van der Waals surface area contributed by atoms with E-state index < -0.39 is 17.8 Å². The summed E-state index contributed by atoms with van der Waals surface area (Å²) < 4.78 is 5.77. The Morgan fingerprint density at radius 1 is 1.05 bits per heavy atom. The zero-order valence-corrected chi connectivity index (χ0v) is 24.8. The van der Waals surface area contributed by atoms with Crippen LogP contribution < -0.4 is 14.9 Å². The molecule has 1 aromatic heterocycles. The maximum absolute atomic E-state index is 13.5.